The van der Waals surface area contributed by atoms with Crippen LogP contribution in [-0.2, 0) is 4.74 Å². The molecule has 0 amide bonds. The number of anilines is 2. The highest BCUT2D eigenvalue weighted by Crippen LogP contribution is 2.31. The van der Waals surface area contributed by atoms with E-state index in [0.29, 0.717) is 0 Å². The van der Waals surface area contributed by atoms with Crippen molar-refractivity contribution in [1.29, 1.82) is 0 Å². The molecule has 2 aliphatic rings. The van der Waals surface area contributed by atoms with Gasteiger partial charge in [-0.3, -0.25) is 4.90 Å². The van der Waals surface area contributed by atoms with Crippen molar-refractivity contribution in [2.75, 3.05) is 62.7 Å². The van der Waals surface area contributed by atoms with Gasteiger partial charge >= 0.3 is 0 Å². The van der Waals surface area contributed by atoms with Crippen LogP contribution in [0.5, 0.6) is 0 Å². The standard InChI is InChI=1S/C17H26BrN5O/c1-3-23-12-14(18)11-15-13(2)20-17(21-16(15)23)19-5-4-6-22-7-9-24-10-8-22/h11H,3-10,12H2,1-2H3,(H,19,20,21). The van der Waals surface area contributed by atoms with Gasteiger partial charge in [-0.15, -0.1) is 0 Å². The molecule has 1 aromatic rings. The minimum Gasteiger partial charge on any atom is -0.379 e. The molecule has 0 unspecified atom stereocenters. The molecular formula is C17H26BrN5O. The number of fused-ring (bicyclic) bond motifs is 1. The summed E-state index contributed by atoms with van der Waals surface area (Å²) in [5.41, 5.74) is 2.14. The van der Waals surface area contributed by atoms with Crippen LogP contribution in [0.1, 0.15) is 24.6 Å². The molecule has 0 atom stereocenters. The lowest BCUT2D eigenvalue weighted by atomic mass is 10.1. The maximum atomic E-state index is 5.38. The van der Waals surface area contributed by atoms with Crippen molar-refractivity contribution in [2.24, 2.45) is 0 Å². The highest BCUT2D eigenvalue weighted by Gasteiger charge is 2.20. The molecule has 0 saturated carbocycles. The van der Waals surface area contributed by atoms with E-state index >= 15 is 0 Å². The summed E-state index contributed by atoms with van der Waals surface area (Å²) in [5.74, 6) is 1.77. The van der Waals surface area contributed by atoms with E-state index in [4.69, 9.17) is 9.72 Å². The third-order valence-corrected chi connectivity index (χ3v) is 4.96. The molecule has 3 rings (SSSR count). The largest absolute Gasteiger partial charge is 0.379 e. The fraction of sp³-hybridized carbons (Fsp3) is 0.647. The number of aromatic nitrogens is 2. The van der Waals surface area contributed by atoms with Crippen LogP contribution in [0, 0.1) is 6.92 Å². The van der Waals surface area contributed by atoms with Gasteiger partial charge in [-0.05, 0) is 32.9 Å². The van der Waals surface area contributed by atoms with Crippen LogP contribution in [-0.4, -0.2) is 67.4 Å². The van der Waals surface area contributed by atoms with Crippen LogP contribution in [0.3, 0.4) is 0 Å². The van der Waals surface area contributed by atoms with Crippen molar-refractivity contribution in [3.63, 3.8) is 0 Å². The molecule has 0 aliphatic carbocycles. The van der Waals surface area contributed by atoms with E-state index in [9.17, 15) is 0 Å². The van der Waals surface area contributed by atoms with Crippen molar-refractivity contribution < 1.29 is 4.74 Å². The molecule has 7 heteroatoms. The van der Waals surface area contributed by atoms with E-state index in [2.05, 4.69) is 56.0 Å². The number of halogens is 1. The maximum absolute atomic E-state index is 5.38. The third kappa shape index (κ3) is 4.26. The van der Waals surface area contributed by atoms with Crippen molar-refractivity contribution in [3.8, 4) is 0 Å². The Labute approximate surface area is 152 Å². The third-order valence-electron chi connectivity index (χ3n) is 4.48. The first-order valence-electron chi connectivity index (χ1n) is 8.71. The lowest BCUT2D eigenvalue weighted by molar-refractivity contribution is 0.0378. The predicted molar refractivity (Wildman–Crippen MR) is 102 cm³/mol. The number of likely N-dealkylation sites (N-methyl/N-ethyl adjacent to an activating group) is 1. The number of nitrogens with zero attached hydrogens (tertiary/aromatic N) is 4. The van der Waals surface area contributed by atoms with E-state index in [1.807, 2.05) is 0 Å². The molecule has 0 radical (unpaired) electrons. The molecule has 3 heterocycles. The zero-order chi connectivity index (χ0) is 16.9. The quantitative estimate of drug-likeness (QED) is 0.746. The zero-order valence-corrected chi connectivity index (χ0v) is 16.1. The summed E-state index contributed by atoms with van der Waals surface area (Å²) in [7, 11) is 0. The van der Waals surface area contributed by atoms with Gasteiger partial charge in [-0.25, -0.2) is 4.98 Å². The number of rotatable bonds is 6. The maximum Gasteiger partial charge on any atom is 0.224 e. The molecule has 1 aromatic heterocycles. The molecule has 6 nitrogen and oxygen atoms in total. The monoisotopic (exact) mass is 395 g/mol. The first-order valence-corrected chi connectivity index (χ1v) is 9.50. The molecular weight excluding hydrogens is 370 g/mol. The smallest absolute Gasteiger partial charge is 0.224 e. The molecule has 2 aliphatic heterocycles. The second kappa shape index (κ2) is 8.27. The minimum atomic E-state index is 0.734. The van der Waals surface area contributed by atoms with Gasteiger partial charge in [0.1, 0.15) is 5.82 Å². The summed E-state index contributed by atoms with van der Waals surface area (Å²) in [6.07, 6.45) is 3.22. The average molecular weight is 396 g/mol. The van der Waals surface area contributed by atoms with Gasteiger partial charge in [0.25, 0.3) is 0 Å². The molecule has 0 spiro atoms. The van der Waals surface area contributed by atoms with Gasteiger partial charge in [0.05, 0.1) is 25.5 Å². The topological polar surface area (TPSA) is 53.5 Å². The lowest BCUT2D eigenvalue weighted by Gasteiger charge is -2.28. The number of hydrogen-bond acceptors (Lipinski definition) is 6. The van der Waals surface area contributed by atoms with Gasteiger partial charge in [-0.1, -0.05) is 15.9 Å². The van der Waals surface area contributed by atoms with Crippen LogP contribution in [0.4, 0.5) is 11.8 Å². The molecule has 0 aromatic carbocycles. The summed E-state index contributed by atoms with van der Waals surface area (Å²) in [6, 6.07) is 0. The van der Waals surface area contributed by atoms with Crippen LogP contribution in [0.15, 0.2) is 4.48 Å². The van der Waals surface area contributed by atoms with Crippen LogP contribution < -0.4 is 10.2 Å². The van der Waals surface area contributed by atoms with Crippen LogP contribution >= 0.6 is 15.9 Å². The Kier molecular flexibility index (Phi) is 6.08. The fourth-order valence-corrected chi connectivity index (χ4v) is 3.64. The second-order valence-electron chi connectivity index (χ2n) is 6.21. The van der Waals surface area contributed by atoms with Crippen molar-refractivity contribution in [3.05, 3.63) is 15.7 Å². The normalized spacial score (nSPS) is 18.3. The Morgan fingerprint density at radius 2 is 2.08 bits per heavy atom. The fourth-order valence-electron chi connectivity index (χ4n) is 3.10. The minimum absolute atomic E-state index is 0.734. The van der Waals surface area contributed by atoms with Crippen molar-refractivity contribution in [2.45, 2.75) is 20.3 Å². The Morgan fingerprint density at radius 3 is 2.83 bits per heavy atom. The molecule has 0 bridgehead atoms. The van der Waals surface area contributed by atoms with E-state index in [1.54, 1.807) is 0 Å². The SMILES string of the molecule is CCN1CC(Br)=Cc2c(C)nc(NCCCN3CCOCC3)nc21. The van der Waals surface area contributed by atoms with Gasteiger partial charge in [0, 0.05) is 36.2 Å². The van der Waals surface area contributed by atoms with E-state index < -0.39 is 0 Å². The van der Waals surface area contributed by atoms with Crippen molar-refractivity contribution >= 4 is 33.8 Å². The Bertz CT molecular complexity index is 601. The Balaban J connectivity index is 1.59. The van der Waals surface area contributed by atoms with Gasteiger partial charge in [-0.2, -0.15) is 4.98 Å². The Morgan fingerprint density at radius 1 is 1.29 bits per heavy atom. The summed E-state index contributed by atoms with van der Waals surface area (Å²) in [5, 5.41) is 3.39. The summed E-state index contributed by atoms with van der Waals surface area (Å²) < 4.78 is 6.56. The summed E-state index contributed by atoms with van der Waals surface area (Å²) in [6.45, 7) is 11.8. The number of aryl methyl sites for hydroxylation is 1. The highest BCUT2D eigenvalue weighted by atomic mass is 79.9. The average Bonchev–Trinajstić information content (AvgIpc) is 2.60. The number of nitrogens with one attached hydrogen (secondary N) is 1. The molecule has 1 fully saturated rings. The molecule has 24 heavy (non-hydrogen) atoms. The number of hydrogen-bond donors (Lipinski definition) is 1. The van der Waals surface area contributed by atoms with Gasteiger partial charge in [0.2, 0.25) is 5.95 Å². The number of morpholine rings is 1. The van der Waals surface area contributed by atoms with E-state index in [-0.39, 0.29) is 0 Å². The predicted octanol–water partition coefficient (Wildman–Crippen LogP) is 2.49. The molecule has 1 saturated heterocycles. The van der Waals surface area contributed by atoms with Crippen molar-refractivity contribution in [1.82, 2.24) is 14.9 Å². The van der Waals surface area contributed by atoms with Gasteiger partial charge < -0.3 is 15.0 Å². The summed E-state index contributed by atoms with van der Waals surface area (Å²) in [4.78, 5) is 14.1. The van der Waals surface area contributed by atoms with Crippen LogP contribution in [0.25, 0.3) is 6.08 Å². The van der Waals surface area contributed by atoms with Gasteiger partial charge in [0.15, 0.2) is 0 Å². The lowest BCUT2D eigenvalue weighted by Crippen LogP contribution is -2.37. The highest BCUT2D eigenvalue weighted by molar-refractivity contribution is 9.11. The van der Waals surface area contributed by atoms with E-state index in [1.165, 1.54) is 4.48 Å². The molecule has 132 valence electrons. The summed E-state index contributed by atoms with van der Waals surface area (Å²) >= 11 is 3.62. The first kappa shape index (κ1) is 17.6. The molecule has 1 N–H and O–H groups in total. The van der Waals surface area contributed by atoms with Crippen LogP contribution in [0.2, 0.25) is 0 Å². The first-order chi connectivity index (χ1) is 11.7. The second-order valence-corrected chi connectivity index (χ2v) is 7.23. The number of ether oxygens (including phenoxy) is 1. The van der Waals surface area contributed by atoms with E-state index in [0.717, 1.165) is 81.9 Å². The zero-order valence-electron chi connectivity index (χ0n) is 14.5. The Hall–Kier alpha value is -1.18.